The molecule has 0 N–H and O–H groups in total. The molecule has 0 heterocycles. The highest BCUT2D eigenvalue weighted by Crippen LogP contribution is 2.30. The standard InChI is InChI=1S/C14H12BrClO2/c1-17-12-4-6-13(7-5-12)18-14-8-11(16)3-2-10(14)9-15/h2-8H,9H2,1H3. The zero-order valence-corrected chi connectivity index (χ0v) is 12.2. The van der Waals surface area contributed by atoms with Crippen molar-refractivity contribution in [3.63, 3.8) is 0 Å². The van der Waals surface area contributed by atoms with E-state index in [1.807, 2.05) is 42.5 Å². The molecule has 0 aliphatic rings. The van der Waals surface area contributed by atoms with Gasteiger partial charge in [0.25, 0.3) is 0 Å². The van der Waals surface area contributed by atoms with Crippen LogP contribution in [0.2, 0.25) is 5.02 Å². The highest BCUT2D eigenvalue weighted by Gasteiger charge is 2.05. The second-order valence-electron chi connectivity index (χ2n) is 3.66. The SMILES string of the molecule is COc1ccc(Oc2cc(Cl)ccc2CBr)cc1. The molecule has 0 fully saturated rings. The number of methoxy groups -OCH3 is 1. The predicted octanol–water partition coefficient (Wildman–Crippen LogP) is 5.04. The molecule has 94 valence electrons. The van der Waals surface area contributed by atoms with Crippen LogP contribution in [-0.4, -0.2) is 7.11 Å². The minimum atomic E-state index is 0.656. The lowest BCUT2D eigenvalue weighted by Crippen LogP contribution is -1.90. The minimum Gasteiger partial charge on any atom is -0.497 e. The van der Waals surface area contributed by atoms with E-state index in [1.165, 1.54) is 0 Å². The van der Waals surface area contributed by atoms with E-state index in [4.69, 9.17) is 21.1 Å². The average molecular weight is 328 g/mol. The van der Waals surface area contributed by atoms with Gasteiger partial charge in [0.15, 0.2) is 0 Å². The van der Waals surface area contributed by atoms with Crippen LogP contribution in [0.3, 0.4) is 0 Å². The van der Waals surface area contributed by atoms with E-state index in [-0.39, 0.29) is 0 Å². The van der Waals surface area contributed by atoms with Crippen LogP contribution in [0.4, 0.5) is 0 Å². The Labute approximate surface area is 120 Å². The summed E-state index contributed by atoms with van der Waals surface area (Å²) < 4.78 is 10.9. The van der Waals surface area contributed by atoms with E-state index in [0.29, 0.717) is 5.02 Å². The molecule has 2 nitrogen and oxygen atoms in total. The van der Waals surface area contributed by atoms with Gasteiger partial charge in [-0.15, -0.1) is 0 Å². The molecule has 2 aromatic rings. The van der Waals surface area contributed by atoms with E-state index in [0.717, 1.165) is 28.1 Å². The molecule has 0 saturated heterocycles. The summed E-state index contributed by atoms with van der Waals surface area (Å²) in [5.41, 5.74) is 1.05. The second kappa shape index (κ2) is 6.12. The molecule has 0 saturated carbocycles. The third-order valence-corrected chi connectivity index (χ3v) is 3.30. The topological polar surface area (TPSA) is 18.5 Å². The van der Waals surface area contributed by atoms with Gasteiger partial charge in [-0.25, -0.2) is 0 Å². The Morgan fingerprint density at radius 1 is 1.06 bits per heavy atom. The maximum atomic E-state index is 5.97. The van der Waals surface area contributed by atoms with Crippen LogP contribution in [-0.2, 0) is 5.33 Å². The van der Waals surface area contributed by atoms with Gasteiger partial charge in [-0.05, 0) is 36.4 Å². The first-order valence-electron chi connectivity index (χ1n) is 5.39. The number of hydrogen-bond donors (Lipinski definition) is 0. The van der Waals surface area contributed by atoms with Gasteiger partial charge in [0.2, 0.25) is 0 Å². The molecule has 0 aliphatic heterocycles. The summed E-state index contributed by atoms with van der Waals surface area (Å²) in [5, 5.41) is 1.37. The first-order valence-corrected chi connectivity index (χ1v) is 6.89. The summed E-state index contributed by atoms with van der Waals surface area (Å²) in [4.78, 5) is 0. The minimum absolute atomic E-state index is 0.656. The van der Waals surface area contributed by atoms with Crippen LogP contribution >= 0.6 is 27.5 Å². The van der Waals surface area contributed by atoms with Gasteiger partial charge >= 0.3 is 0 Å². The van der Waals surface area contributed by atoms with Crippen molar-refractivity contribution in [3.8, 4) is 17.2 Å². The number of ether oxygens (including phenoxy) is 2. The summed E-state index contributed by atoms with van der Waals surface area (Å²) in [7, 11) is 1.63. The van der Waals surface area contributed by atoms with E-state index in [2.05, 4.69) is 15.9 Å². The largest absolute Gasteiger partial charge is 0.497 e. The Morgan fingerprint density at radius 3 is 2.33 bits per heavy atom. The van der Waals surface area contributed by atoms with Gasteiger partial charge in [-0.1, -0.05) is 33.6 Å². The summed E-state index contributed by atoms with van der Waals surface area (Å²) in [6.07, 6.45) is 0. The normalized spacial score (nSPS) is 10.2. The van der Waals surface area contributed by atoms with E-state index in [9.17, 15) is 0 Å². The number of halogens is 2. The lowest BCUT2D eigenvalue weighted by Gasteiger charge is -2.10. The molecule has 0 atom stereocenters. The number of rotatable bonds is 4. The van der Waals surface area contributed by atoms with Gasteiger partial charge in [-0.3, -0.25) is 0 Å². The molecular weight excluding hydrogens is 316 g/mol. The first-order chi connectivity index (χ1) is 8.72. The van der Waals surface area contributed by atoms with Crippen LogP contribution in [0.25, 0.3) is 0 Å². The highest BCUT2D eigenvalue weighted by atomic mass is 79.9. The fraction of sp³-hybridized carbons (Fsp3) is 0.143. The second-order valence-corrected chi connectivity index (χ2v) is 4.66. The maximum Gasteiger partial charge on any atom is 0.132 e. The van der Waals surface area contributed by atoms with Crippen molar-refractivity contribution in [1.82, 2.24) is 0 Å². The Kier molecular flexibility index (Phi) is 4.50. The molecule has 0 unspecified atom stereocenters. The van der Waals surface area contributed by atoms with Gasteiger partial charge < -0.3 is 9.47 Å². The predicted molar refractivity (Wildman–Crippen MR) is 77.2 cm³/mol. The van der Waals surface area contributed by atoms with Crippen molar-refractivity contribution in [2.24, 2.45) is 0 Å². The monoisotopic (exact) mass is 326 g/mol. The lowest BCUT2D eigenvalue weighted by molar-refractivity contribution is 0.412. The van der Waals surface area contributed by atoms with Crippen molar-refractivity contribution < 1.29 is 9.47 Å². The molecule has 0 spiro atoms. The molecular formula is C14H12BrClO2. The Balaban J connectivity index is 2.24. The highest BCUT2D eigenvalue weighted by molar-refractivity contribution is 9.08. The quantitative estimate of drug-likeness (QED) is 0.733. The third kappa shape index (κ3) is 3.18. The Bertz CT molecular complexity index is 526. The summed E-state index contributed by atoms with van der Waals surface area (Å²) in [6.45, 7) is 0. The fourth-order valence-corrected chi connectivity index (χ4v) is 2.13. The zero-order valence-electron chi connectivity index (χ0n) is 9.82. The summed E-state index contributed by atoms with van der Waals surface area (Å²) in [5.74, 6) is 2.30. The van der Waals surface area contributed by atoms with Gasteiger partial charge in [-0.2, -0.15) is 0 Å². The van der Waals surface area contributed by atoms with Crippen LogP contribution in [0.15, 0.2) is 42.5 Å². The van der Waals surface area contributed by atoms with Crippen molar-refractivity contribution in [1.29, 1.82) is 0 Å². The lowest BCUT2D eigenvalue weighted by atomic mass is 10.2. The molecule has 0 aromatic heterocycles. The van der Waals surface area contributed by atoms with Crippen LogP contribution in [0.1, 0.15) is 5.56 Å². The smallest absolute Gasteiger partial charge is 0.132 e. The maximum absolute atomic E-state index is 5.97. The number of alkyl halides is 1. The summed E-state index contributed by atoms with van der Waals surface area (Å²) in [6, 6.07) is 13.0. The average Bonchev–Trinajstić information content (AvgIpc) is 2.40. The molecule has 0 radical (unpaired) electrons. The fourth-order valence-electron chi connectivity index (χ4n) is 1.50. The molecule has 18 heavy (non-hydrogen) atoms. The van der Waals surface area contributed by atoms with Crippen LogP contribution in [0, 0.1) is 0 Å². The summed E-state index contributed by atoms with van der Waals surface area (Å²) >= 11 is 9.40. The van der Waals surface area contributed by atoms with Crippen molar-refractivity contribution in [2.45, 2.75) is 5.33 Å². The number of hydrogen-bond acceptors (Lipinski definition) is 2. The van der Waals surface area contributed by atoms with E-state index >= 15 is 0 Å². The van der Waals surface area contributed by atoms with Gasteiger partial charge in [0.1, 0.15) is 17.2 Å². The molecule has 0 bridgehead atoms. The molecule has 4 heteroatoms. The molecule has 0 amide bonds. The molecule has 2 aromatic carbocycles. The van der Waals surface area contributed by atoms with Crippen LogP contribution < -0.4 is 9.47 Å². The van der Waals surface area contributed by atoms with Gasteiger partial charge in [0, 0.05) is 15.9 Å². The first kappa shape index (κ1) is 13.2. The van der Waals surface area contributed by atoms with Gasteiger partial charge in [0.05, 0.1) is 7.11 Å². The van der Waals surface area contributed by atoms with Crippen molar-refractivity contribution in [3.05, 3.63) is 53.1 Å². The molecule has 0 aliphatic carbocycles. The van der Waals surface area contributed by atoms with Crippen molar-refractivity contribution >= 4 is 27.5 Å². The van der Waals surface area contributed by atoms with E-state index in [1.54, 1.807) is 7.11 Å². The number of benzene rings is 2. The zero-order chi connectivity index (χ0) is 13.0. The Hall–Kier alpha value is -1.19. The van der Waals surface area contributed by atoms with E-state index < -0.39 is 0 Å². The van der Waals surface area contributed by atoms with Crippen molar-refractivity contribution in [2.75, 3.05) is 7.11 Å². The van der Waals surface area contributed by atoms with Crippen LogP contribution in [0.5, 0.6) is 17.2 Å². The Morgan fingerprint density at radius 2 is 1.72 bits per heavy atom. The molecule has 2 rings (SSSR count). The third-order valence-electron chi connectivity index (χ3n) is 2.46.